The highest BCUT2D eigenvalue weighted by molar-refractivity contribution is 5.96. The maximum Gasteiger partial charge on any atom is 0.255 e. The molecular weight excluding hydrogens is 366 g/mol. The first-order valence-electron chi connectivity index (χ1n) is 10.4. The summed E-state index contributed by atoms with van der Waals surface area (Å²) in [7, 11) is 0. The van der Waals surface area contributed by atoms with Crippen molar-refractivity contribution in [3.05, 3.63) is 52.3 Å². The van der Waals surface area contributed by atoms with Gasteiger partial charge in [0.15, 0.2) is 0 Å². The smallest absolute Gasteiger partial charge is 0.255 e. The van der Waals surface area contributed by atoms with Crippen LogP contribution in [0.2, 0.25) is 0 Å². The van der Waals surface area contributed by atoms with Crippen molar-refractivity contribution in [1.29, 1.82) is 0 Å². The molecule has 3 heterocycles. The number of aromatic nitrogens is 1. The minimum Gasteiger partial charge on any atom is -0.341 e. The second-order valence-electron chi connectivity index (χ2n) is 8.17. The predicted octanol–water partition coefficient (Wildman–Crippen LogP) is 2.79. The van der Waals surface area contributed by atoms with E-state index in [9.17, 15) is 14.4 Å². The number of likely N-dealkylation sites (tertiary alicyclic amines) is 2. The van der Waals surface area contributed by atoms with Crippen LogP contribution >= 0.6 is 0 Å². The lowest BCUT2D eigenvalue weighted by Crippen LogP contribution is -2.49. The second-order valence-corrected chi connectivity index (χ2v) is 8.17. The molecule has 2 fully saturated rings. The number of aromatic amines is 1. The zero-order valence-corrected chi connectivity index (χ0v) is 16.8. The van der Waals surface area contributed by atoms with Crippen molar-refractivity contribution in [2.45, 2.75) is 38.6 Å². The molecule has 0 radical (unpaired) electrons. The number of para-hydroxylation sites is 1. The molecule has 1 aromatic heterocycles. The molecule has 2 aliphatic rings. The minimum atomic E-state index is -0.379. The number of amides is 2. The van der Waals surface area contributed by atoms with Crippen molar-refractivity contribution in [2.75, 3.05) is 19.6 Å². The first-order chi connectivity index (χ1) is 14.0. The fraction of sp³-hybridized carbons (Fsp3) is 0.435. The Bertz CT molecular complexity index is 1000. The topological polar surface area (TPSA) is 73.5 Å². The van der Waals surface area contributed by atoms with Crippen LogP contribution in [0.4, 0.5) is 0 Å². The first-order valence-corrected chi connectivity index (χ1v) is 10.4. The largest absolute Gasteiger partial charge is 0.341 e. The number of H-pyrrole nitrogens is 1. The molecule has 0 spiro atoms. The van der Waals surface area contributed by atoms with E-state index in [1.165, 1.54) is 6.08 Å². The fourth-order valence-corrected chi connectivity index (χ4v) is 4.27. The number of benzene rings is 1. The van der Waals surface area contributed by atoms with Crippen molar-refractivity contribution >= 4 is 28.8 Å². The summed E-state index contributed by atoms with van der Waals surface area (Å²) in [5.41, 5.74) is 0.968. The monoisotopic (exact) mass is 393 g/mol. The van der Waals surface area contributed by atoms with Gasteiger partial charge < -0.3 is 14.8 Å². The van der Waals surface area contributed by atoms with Gasteiger partial charge in [-0.25, -0.2) is 0 Å². The fourth-order valence-electron chi connectivity index (χ4n) is 4.27. The number of pyridine rings is 1. The van der Waals surface area contributed by atoms with Gasteiger partial charge >= 0.3 is 0 Å². The van der Waals surface area contributed by atoms with E-state index in [4.69, 9.17) is 0 Å². The van der Waals surface area contributed by atoms with Gasteiger partial charge in [-0.1, -0.05) is 25.1 Å². The highest BCUT2D eigenvalue weighted by Gasteiger charge is 2.36. The maximum absolute atomic E-state index is 12.9. The van der Waals surface area contributed by atoms with Crippen LogP contribution in [0, 0.1) is 5.92 Å². The van der Waals surface area contributed by atoms with Crippen molar-refractivity contribution in [3.63, 3.8) is 0 Å². The van der Waals surface area contributed by atoms with Gasteiger partial charge in [-0.3, -0.25) is 14.4 Å². The molecule has 29 heavy (non-hydrogen) atoms. The normalized spacial score (nSPS) is 20.7. The van der Waals surface area contributed by atoms with Crippen molar-refractivity contribution in [3.8, 4) is 0 Å². The van der Waals surface area contributed by atoms with E-state index in [2.05, 4.69) is 11.9 Å². The van der Waals surface area contributed by atoms with Gasteiger partial charge in [0, 0.05) is 36.8 Å². The van der Waals surface area contributed by atoms with Crippen LogP contribution < -0.4 is 5.56 Å². The van der Waals surface area contributed by atoms with E-state index in [0.717, 1.165) is 43.3 Å². The Morgan fingerprint density at radius 2 is 1.86 bits per heavy atom. The van der Waals surface area contributed by atoms with Gasteiger partial charge in [0.1, 0.15) is 6.04 Å². The molecule has 1 aromatic carbocycles. The van der Waals surface area contributed by atoms with Gasteiger partial charge in [0.05, 0.1) is 0 Å². The van der Waals surface area contributed by atoms with Crippen LogP contribution in [0.15, 0.2) is 41.2 Å². The molecule has 0 bridgehead atoms. The quantitative estimate of drug-likeness (QED) is 0.815. The molecule has 4 rings (SSSR count). The summed E-state index contributed by atoms with van der Waals surface area (Å²) in [6.07, 6.45) is 6.56. The first kappa shape index (κ1) is 19.4. The lowest BCUT2D eigenvalue weighted by molar-refractivity contribution is -0.142. The van der Waals surface area contributed by atoms with Crippen LogP contribution in [-0.4, -0.2) is 52.3 Å². The Labute approximate surface area is 170 Å². The number of nitrogens with zero attached hydrogens (tertiary/aromatic N) is 2. The van der Waals surface area contributed by atoms with E-state index < -0.39 is 0 Å². The highest BCUT2D eigenvalue weighted by Crippen LogP contribution is 2.23. The van der Waals surface area contributed by atoms with Crippen LogP contribution in [0.3, 0.4) is 0 Å². The second kappa shape index (κ2) is 8.23. The third-order valence-corrected chi connectivity index (χ3v) is 6.10. The molecule has 1 N–H and O–H groups in total. The van der Waals surface area contributed by atoms with Crippen LogP contribution in [0.25, 0.3) is 17.0 Å². The van der Waals surface area contributed by atoms with Crippen molar-refractivity contribution in [2.24, 2.45) is 5.92 Å². The number of carbonyl (C=O) groups is 2. The summed E-state index contributed by atoms with van der Waals surface area (Å²) in [6.45, 7) is 4.35. The van der Waals surface area contributed by atoms with E-state index >= 15 is 0 Å². The Morgan fingerprint density at radius 1 is 1.10 bits per heavy atom. The van der Waals surface area contributed by atoms with Crippen LogP contribution in [-0.2, 0) is 9.59 Å². The highest BCUT2D eigenvalue weighted by atomic mass is 16.2. The summed E-state index contributed by atoms with van der Waals surface area (Å²) in [6, 6.07) is 8.93. The molecule has 2 aliphatic heterocycles. The Kier molecular flexibility index (Phi) is 5.51. The van der Waals surface area contributed by atoms with Crippen molar-refractivity contribution in [1.82, 2.24) is 14.8 Å². The van der Waals surface area contributed by atoms with Crippen LogP contribution in [0.1, 0.15) is 38.2 Å². The third-order valence-electron chi connectivity index (χ3n) is 6.10. The number of carbonyl (C=O) groups excluding carboxylic acids is 2. The molecule has 2 aromatic rings. The molecule has 0 saturated carbocycles. The summed E-state index contributed by atoms with van der Waals surface area (Å²) >= 11 is 0. The van der Waals surface area contributed by atoms with E-state index in [0.29, 0.717) is 24.4 Å². The van der Waals surface area contributed by atoms with Gasteiger partial charge in [-0.05, 0) is 55.2 Å². The van der Waals surface area contributed by atoms with Gasteiger partial charge in [0.2, 0.25) is 11.8 Å². The average molecular weight is 393 g/mol. The molecule has 0 aliphatic carbocycles. The number of piperidine rings is 1. The van der Waals surface area contributed by atoms with E-state index in [1.54, 1.807) is 17.0 Å². The van der Waals surface area contributed by atoms with E-state index in [-0.39, 0.29) is 23.4 Å². The summed E-state index contributed by atoms with van der Waals surface area (Å²) in [4.78, 5) is 44.4. The lowest BCUT2D eigenvalue weighted by atomic mass is 9.98. The van der Waals surface area contributed by atoms with E-state index in [1.807, 2.05) is 29.2 Å². The summed E-state index contributed by atoms with van der Waals surface area (Å²) < 4.78 is 0. The number of nitrogens with one attached hydrogen (secondary N) is 1. The molecule has 152 valence electrons. The van der Waals surface area contributed by atoms with Gasteiger partial charge in [-0.15, -0.1) is 0 Å². The predicted molar refractivity (Wildman–Crippen MR) is 113 cm³/mol. The molecule has 6 heteroatoms. The zero-order valence-electron chi connectivity index (χ0n) is 16.8. The molecule has 1 atom stereocenters. The molecule has 2 saturated heterocycles. The maximum atomic E-state index is 12.9. The lowest BCUT2D eigenvalue weighted by Gasteiger charge is -2.34. The zero-order chi connectivity index (χ0) is 20.4. The number of rotatable bonds is 3. The van der Waals surface area contributed by atoms with Crippen LogP contribution in [0.5, 0.6) is 0 Å². The molecular formula is C23H27N3O3. The third kappa shape index (κ3) is 4.11. The SMILES string of the molecule is CC1CCN(C(=O)C2CCCN2C(=O)/C=C/c2cc3ccccc3[nH]c2=O)CC1. The Morgan fingerprint density at radius 3 is 2.66 bits per heavy atom. The number of fused-ring (bicyclic) bond motifs is 1. The minimum absolute atomic E-state index is 0.0692. The summed E-state index contributed by atoms with van der Waals surface area (Å²) in [5, 5.41) is 0.910. The van der Waals surface area contributed by atoms with Crippen molar-refractivity contribution < 1.29 is 9.59 Å². The average Bonchev–Trinajstić information content (AvgIpc) is 3.22. The Balaban J connectivity index is 1.48. The van der Waals surface area contributed by atoms with Gasteiger partial charge in [0.25, 0.3) is 5.56 Å². The van der Waals surface area contributed by atoms with Gasteiger partial charge in [-0.2, -0.15) is 0 Å². The number of hydrogen-bond acceptors (Lipinski definition) is 3. The molecule has 6 nitrogen and oxygen atoms in total. The molecule has 1 unspecified atom stereocenters. The summed E-state index contributed by atoms with van der Waals surface area (Å²) in [5.74, 6) is 0.516. The standard InChI is InChI=1S/C23H27N3O3/c1-16-10-13-25(14-11-16)23(29)20-7-4-12-26(20)21(27)9-8-18-15-17-5-2-3-6-19(17)24-22(18)28/h2-3,5-6,8-9,15-16,20H,4,7,10-14H2,1H3,(H,24,28)/b9-8+. The Hall–Kier alpha value is -2.89. The number of hydrogen-bond donors (Lipinski definition) is 1. The molecule has 2 amide bonds.